The van der Waals surface area contributed by atoms with E-state index in [1.807, 2.05) is 31.2 Å². The first-order valence-electron chi connectivity index (χ1n) is 12.4. The van der Waals surface area contributed by atoms with Crippen molar-refractivity contribution in [3.05, 3.63) is 47.3 Å². The molecule has 0 aliphatic carbocycles. The van der Waals surface area contributed by atoms with Gasteiger partial charge in [0.1, 0.15) is 5.56 Å². The molecule has 7 nitrogen and oxygen atoms in total. The summed E-state index contributed by atoms with van der Waals surface area (Å²) in [7, 11) is 0. The molecule has 0 atom stereocenters. The maximum absolute atomic E-state index is 13.7. The molecule has 34 heavy (non-hydrogen) atoms. The van der Waals surface area contributed by atoms with Gasteiger partial charge in [0.15, 0.2) is 0 Å². The van der Waals surface area contributed by atoms with E-state index in [0.717, 1.165) is 37.9 Å². The normalized spacial score (nSPS) is 17.4. The molecular weight excluding hydrogens is 428 g/mol. The first-order valence-corrected chi connectivity index (χ1v) is 12.4. The van der Waals surface area contributed by atoms with Crippen LogP contribution in [0.1, 0.15) is 93.6 Å². The number of piperidine rings is 1. The van der Waals surface area contributed by atoms with Crippen molar-refractivity contribution in [2.24, 2.45) is 0 Å². The number of aromatic nitrogens is 2. The largest absolute Gasteiger partial charge is 0.462 e. The van der Waals surface area contributed by atoms with Gasteiger partial charge in [-0.1, -0.05) is 13.3 Å². The Morgan fingerprint density at radius 2 is 1.74 bits per heavy atom. The van der Waals surface area contributed by atoms with Crippen LogP contribution in [0, 0.1) is 6.92 Å². The zero-order valence-corrected chi connectivity index (χ0v) is 21.8. The first kappa shape index (κ1) is 25.9. The highest BCUT2D eigenvalue weighted by molar-refractivity contribution is 5.94. The molecule has 3 rings (SSSR count). The van der Waals surface area contributed by atoms with Crippen molar-refractivity contribution < 1.29 is 14.3 Å². The summed E-state index contributed by atoms with van der Waals surface area (Å²) >= 11 is 0. The van der Waals surface area contributed by atoms with Crippen LogP contribution in [-0.2, 0) is 4.74 Å². The minimum Gasteiger partial charge on any atom is -0.462 e. The lowest BCUT2D eigenvalue weighted by atomic mass is 9.78. The number of esters is 1. The van der Waals surface area contributed by atoms with Crippen LogP contribution in [0.15, 0.2) is 30.5 Å². The lowest BCUT2D eigenvalue weighted by Crippen LogP contribution is -2.62. The number of nitrogens with one attached hydrogen (secondary N) is 1. The van der Waals surface area contributed by atoms with E-state index in [0.29, 0.717) is 23.4 Å². The Hall–Kier alpha value is -2.67. The molecule has 0 unspecified atom stereocenters. The second kappa shape index (κ2) is 10.3. The van der Waals surface area contributed by atoms with Crippen LogP contribution in [0.25, 0.3) is 5.69 Å². The number of hydrogen-bond donors (Lipinski definition) is 1. The minimum atomic E-state index is -0.377. The van der Waals surface area contributed by atoms with Crippen LogP contribution < -0.4 is 5.32 Å². The molecule has 7 heteroatoms. The van der Waals surface area contributed by atoms with Crippen molar-refractivity contribution in [3.63, 3.8) is 0 Å². The summed E-state index contributed by atoms with van der Waals surface area (Å²) in [6.07, 6.45) is 5.40. The maximum Gasteiger partial charge on any atom is 0.341 e. The Bertz CT molecular complexity index is 991. The van der Waals surface area contributed by atoms with Gasteiger partial charge in [-0.15, -0.1) is 0 Å². The molecule has 0 spiro atoms. The summed E-state index contributed by atoms with van der Waals surface area (Å²) in [4.78, 5) is 27.9. The average molecular weight is 469 g/mol. The monoisotopic (exact) mass is 468 g/mol. The van der Waals surface area contributed by atoms with Gasteiger partial charge in [-0.05, 0) is 85.1 Å². The minimum absolute atomic E-state index is 0.0325. The Labute approximate surface area is 203 Å². The number of unbranched alkanes of at least 4 members (excludes halogenated alkanes) is 1. The molecule has 0 bridgehead atoms. The highest BCUT2D eigenvalue weighted by atomic mass is 16.5. The lowest BCUT2D eigenvalue weighted by molar-refractivity contribution is 0.0440. The molecule has 186 valence electrons. The third kappa shape index (κ3) is 5.87. The molecule has 2 heterocycles. The fourth-order valence-corrected chi connectivity index (χ4v) is 5.26. The van der Waals surface area contributed by atoms with Crippen LogP contribution in [-0.4, -0.2) is 56.8 Å². The molecule has 1 aromatic heterocycles. The van der Waals surface area contributed by atoms with Crippen molar-refractivity contribution in [1.29, 1.82) is 0 Å². The third-order valence-corrected chi connectivity index (χ3v) is 6.49. The second-order valence-corrected chi connectivity index (χ2v) is 10.6. The van der Waals surface area contributed by atoms with Crippen molar-refractivity contribution in [2.75, 3.05) is 13.2 Å². The number of rotatable bonds is 8. The van der Waals surface area contributed by atoms with E-state index in [9.17, 15) is 9.59 Å². The van der Waals surface area contributed by atoms with Crippen LogP contribution in [0.2, 0.25) is 0 Å². The van der Waals surface area contributed by atoms with Gasteiger partial charge in [0, 0.05) is 29.2 Å². The van der Waals surface area contributed by atoms with E-state index in [-0.39, 0.29) is 29.0 Å². The van der Waals surface area contributed by atoms with Crippen LogP contribution in [0.5, 0.6) is 0 Å². The SMILES string of the molecule is CCCCN(C(=O)c1ccc(-n2ncc(C(=O)OCC)c2C)cc1)C1CC(C)(C)NC(C)(C)C1. The molecule has 0 saturated carbocycles. The quantitative estimate of drug-likeness (QED) is 0.557. The van der Waals surface area contributed by atoms with E-state index in [2.05, 4.69) is 49.9 Å². The molecule has 1 N–H and O–H groups in total. The zero-order chi connectivity index (χ0) is 25.1. The lowest BCUT2D eigenvalue weighted by Gasteiger charge is -2.49. The summed E-state index contributed by atoms with van der Waals surface area (Å²) in [5.74, 6) is -0.305. The van der Waals surface area contributed by atoms with E-state index < -0.39 is 0 Å². The Morgan fingerprint density at radius 3 is 2.29 bits per heavy atom. The molecule has 2 aromatic rings. The number of ether oxygens (including phenoxy) is 1. The summed E-state index contributed by atoms with van der Waals surface area (Å²) in [5, 5.41) is 8.08. The van der Waals surface area contributed by atoms with Crippen molar-refractivity contribution in [2.45, 2.75) is 91.3 Å². The van der Waals surface area contributed by atoms with E-state index in [1.54, 1.807) is 11.6 Å². The van der Waals surface area contributed by atoms with Crippen molar-refractivity contribution in [3.8, 4) is 5.69 Å². The standard InChI is InChI=1S/C27H40N4O3/c1-8-10-15-30(22-16-26(4,5)29-27(6,7)17-22)24(32)20-11-13-21(14-12-20)31-19(3)23(18-28-31)25(33)34-9-2/h11-14,18,22,29H,8-10,15-17H2,1-7H3. The third-order valence-electron chi connectivity index (χ3n) is 6.49. The van der Waals surface area contributed by atoms with Gasteiger partial charge >= 0.3 is 5.97 Å². The number of carbonyl (C=O) groups is 2. The van der Waals surface area contributed by atoms with Gasteiger partial charge in [-0.3, -0.25) is 4.79 Å². The molecule has 1 saturated heterocycles. The van der Waals surface area contributed by atoms with Gasteiger partial charge in [0.25, 0.3) is 5.91 Å². The molecule has 1 fully saturated rings. The topological polar surface area (TPSA) is 76.5 Å². The van der Waals surface area contributed by atoms with E-state index in [4.69, 9.17) is 4.74 Å². The predicted molar refractivity (Wildman–Crippen MR) is 135 cm³/mol. The summed E-state index contributed by atoms with van der Waals surface area (Å²) < 4.78 is 6.81. The highest BCUT2D eigenvalue weighted by Gasteiger charge is 2.41. The second-order valence-electron chi connectivity index (χ2n) is 10.6. The number of hydrogen-bond acceptors (Lipinski definition) is 5. The van der Waals surface area contributed by atoms with Crippen LogP contribution >= 0.6 is 0 Å². The number of carbonyl (C=O) groups excluding carboxylic acids is 2. The van der Waals surface area contributed by atoms with Gasteiger partial charge in [-0.25, -0.2) is 9.48 Å². The molecule has 1 amide bonds. The Morgan fingerprint density at radius 1 is 1.12 bits per heavy atom. The first-order chi connectivity index (χ1) is 16.0. The predicted octanol–water partition coefficient (Wildman–Crippen LogP) is 4.91. The summed E-state index contributed by atoms with van der Waals surface area (Å²) in [6, 6.07) is 7.68. The number of amides is 1. The molecule has 0 radical (unpaired) electrons. The average Bonchev–Trinajstić information content (AvgIpc) is 3.13. The Kier molecular flexibility index (Phi) is 7.86. The van der Waals surface area contributed by atoms with Crippen molar-refractivity contribution >= 4 is 11.9 Å². The molecule has 1 aromatic carbocycles. The van der Waals surface area contributed by atoms with Crippen LogP contribution in [0.3, 0.4) is 0 Å². The molecule has 1 aliphatic rings. The molecule has 1 aliphatic heterocycles. The zero-order valence-electron chi connectivity index (χ0n) is 21.8. The summed E-state index contributed by atoms with van der Waals surface area (Å²) in [5.41, 5.74) is 2.56. The maximum atomic E-state index is 13.7. The highest BCUT2D eigenvalue weighted by Crippen LogP contribution is 2.32. The smallest absolute Gasteiger partial charge is 0.341 e. The molecular formula is C27H40N4O3. The van der Waals surface area contributed by atoms with E-state index >= 15 is 0 Å². The fourth-order valence-electron chi connectivity index (χ4n) is 5.26. The van der Waals surface area contributed by atoms with Gasteiger partial charge in [-0.2, -0.15) is 5.10 Å². The van der Waals surface area contributed by atoms with E-state index in [1.165, 1.54) is 6.20 Å². The van der Waals surface area contributed by atoms with Crippen molar-refractivity contribution in [1.82, 2.24) is 20.0 Å². The van der Waals surface area contributed by atoms with Gasteiger partial charge < -0.3 is 15.0 Å². The summed E-state index contributed by atoms with van der Waals surface area (Å²) in [6.45, 7) is 15.7. The van der Waals surface area contributed by atoms with Crippen LogP contribution in [0.4, 0.5) is 0 Å². The Balaban J connectivity index is 1.84. The number of nitrogens with zero attached hydrogens (tertiary/aromatic N) is 3. The van der Waals surface area contributed by atoms with Gasteiger partial charge in [0.2, 0.25) is 0 Å². The van der Waals surface area contributed by atoms with Gasteiger partial charge in [0.05, 0.1) is 24.2 Å². The fraction of sp³-hybridized carbons (Fsp3) is 0.593. The number of benzene rings is 1.